The van der Waals surface area contributed by atoms with E-state index in [0.717, 1.165) is 29.3 Å². The van der Waals surface area contributed by atoms with Gasteiger partial charge in [0, 0.05) is 11.9 Å². The second kappa shape index (κ2) is 7.30. The van der Waals surface area contributed by atoms with Crippen LogP contribution >= 0.6 is 0 Å². The van der Waals surface area contributed by atoms with Gasteiger partial charge in [0.1, 0.15) is 6.54 Å². The summed E-state index contributed by atoms with van der Waals surface area (Å²) in [5.74, 6) is 0.399. The number of hydrogen-bond donors (Lipinski definition) is 1. The summed E-state index contributed by atoms with van der Waals surface area (Å²) >= 11 is 0. The Bertz CT molecular complexity index is 886. The molecule has 2 aromatic carbocycles. The highest BCUT2D eigenvalue weighted by Gasteiger charge is 2.37. The largest absolute Gasteiger partial charge is 0.394 e. The molecule has 26 heavy (non-hydrogen) atoms. The van der Waals surface area contributed by atoms with Crippen molar-refractivity contribution in [3.8, 4) is 0 Å². The van der Waals surface area contributed by atoms with Crippen LogP contribution in [0.25, 0.3) is 10.9 Å². The van der Waals surface area contributed by atoms with E-state index in [-0.39, 0.29) is 25.1 Å². The number of benzene rings is 2. The Labute approximate surface area is 152 Å². The Morgan fingerprint density at radius 1 is 1.15 bits per heavy atom. The minimum atomic E-state index is -0.121. The number of fused-ring (bicyclic) bond motifs is 1. The van der Waals surface area contributed by atoms with Gasteiger partial charge in [-0.1, -0.05) is 48.5 Å². The van der Waals surface area contributed by atoms with Crippen molar-refractivity contribution in [3.05, 3.63) is 66.4 Å². The number of nitrogens with zero attached hydrogens (tertiary/aromatic N) is 3. The van der Waals surface area contributed by atoms with E-state index in [4.69, 9.17) is 0 Å². The van der Waals surface area contributed by atoms with Crippen molar-refractivity contribution in [1.82, 2.24) is 14.7 Å². The number of amides is 1. The van der Waals surface area contributed by atoms with Crippen molar-refractivity contribution in [1.29, 1.82) is 0 Å². The summed E-state index contributed by atoms with van der Waals surface area (Å²) in [7, 11) is 0. The van der Waals surface area contributed by atoms with Gasteiger partial charge >= 0.3 is 0 Å². The summed E-state index contributed by atoms with van der Waals surface area (Å²) in [6.07, 6.45) is 3.94. The lowest BCUT2D eigenvalue weighted by Crippen LogP contribution is -2.45. The van der Waals surface area contributed by atoms with Gasteiger partial charge < -0.3 is 10.0 Å². The van der Waals surface area contributed by atoms with Gasteiger partial charge in [-0.05, 0) is 30.4 Å². The van der Waals surface area contributed by atoms with Crippen LogP contribution < -0.4 is 0 Å². The molecule has 0 spiro atoms. The highest BCUT2D eigenvalue weighted by Crippen LogP contribution is 2.36. The zero-order chi connectivity index (χ0) is 17.9. The van der Waals surface area contributed by atoms with Crippen LogP contribution in [0.2, 0.25) is 0 Å². The molecule has 3 aromatic rings. The number of carbonyl (C=O) groups is 1. The van der Waals surface area contributed by atoms with E-state index in [1.54, 1.807) is 10.9 Å². The van der Waals surface area contributed by atoms with Crippen LogP contribution in [-0.2, 0) is 17.9 Å². The van der Waals surface area contributed by atoms with E-state index in [2.05, 4.69) is 5.10 Å². The molecule has 1 atom stereocenters. The Morgan fingerprint density at radius 3 is 2.62 bits per heavy atom. The van der Waals surface area contributed by atoms with Crippen molar-refractivity contribution in [2.75, 3.05) is 6.61 Å². The Morgan fingerprint density at radius 2 is 1.88 bits per heavy atom. The van der Waals surface area contributed by atoms with Gasteiger partial charge in [0.2, 0.25) is 5.91 Å². The number of para-hydroxylation sites is 1. The third-order valence-electron chi connectivity index (χ3n) is 5.11. The minimum absolute atomic E-state index is 0.00307. The normalized spacial score (nSPS) is 15.1. The second-order valence-electron chi connectivity index (χ2n) is 6.96. The Balaban J connectivity index is 1.58. The zero-order valence-electron chi connectivity index (χ0n) is 14.7. The molecule has 1 fully saturated rings. The number of rotatable bonds is 7. The molecule has 5 heteroatoms. The van der Waals surface area contributed by atoms with Crippen molar-refractivity contribution in [3.63, 3.8) is 0 Å². The summed E-state index contributed by atoms with van der Waals surface area (Å²) in [6, 6.07) is 17.7. The first kappa shape index (κ1) is 16.8. The first-order valence-electron chi connectivity index (χ1n) is 9.11. The van der Waals surface area contributed by atoms with Crippen LogP contribution in [0.15, 0.2) is 60.8 Å². The lowest BCUT2D eigenvalue weighted by atomic mass is 10.1. The standard InChI is InChI=1S/C21H23N3O2/c25-15-20(17-10-11-17)23(13-16-6-2-1-3-7-16)21(26)14-24-19-9-5-4-8-18(19)12-22-24/h1-9,12,17,20,25H,10-11,13-15H2. The van der Waals surface area contributed by atoms with Gasteiger partial charge in [0.25, 0.3) is 0 Å². The third kappa shape index (κ3) is 3.48. The van der Waals surface area contributed by atoms with Gasteiger partial charge in [-0.2, -0.15) is 5.10 Å². The van der Waals surface area contributed by atoms with E-state index in [1.807, 2.05) is 59.5 Å². The zero-order valence-corrected chi connectivity index (χ0v) is 14.7. The van der Waals surface area contributed by atoms with Crippen LogP contribution in [0.1, 0.15) is 18.4 Å². The summed E-state index contributed by atoms with van der Waals surface area (Å²) < 4.78 is 1.75. The molecule has 1 heterocycles. The SMILES string of the molecule is O=C(Cn1ncc2ccccc21)N(Cc1ccccc1)C(CO)C1CC1. The van der Waals surface area contributed by atoms with Crippen LogP contribution in [0.4, 0.5) is 0 Å². The molecule has 4 rings (SSSR count). The Hall–Kier alpha value is -2.66. The molecule has 1 aromatic heterocycles. The fourth-order valence-corrected chi connectivity index (χ4v) is 3.52. The molecule has 0 saturated heterocycles. The van der Waals surface area contributed by atoms with Crippen molar-refractivity contribution >= 4 is 16.8 Å². The molecule has 0 radical (unpaired) electrons. The Kier molecular flexibility index (Phi) is 4.71. The molecular formula is C21H23N3O2. The number of aliphatic hydroxyl groups is 1. The highest BCUT2D eigenvalue weighted by atomic mass is 16.3. The van der Waals surface area contributed by atoms with Crippen LogP contribution in [0.3, 0.4) is 0 Å². The molecule has 0 aliphatic heterocycles. The highest BCUT2D eigenvalue weighted by molar-refractivity contribution is 5.82. The molecule has 1 unspecified atom stereocenters. The lowest BCUT2D eigenvalue weighted by Gasteiger charge is -2.31. The topological polar surface area (TPSA) is 58.4 Å². The van der Waals surface area contributed by atoms with E-state index >= 15 is 0 Å². The van der Waals surface area contributed by atoms with Crippen molar-refractivity contribution in [2.45, 2.75) is 32.0 Å². The average molecular weight is 349 g/mol. The van der Waals surface area contributed by atoms with E-state index in [9.17, 15) is 9.90 Å². The average Bonchev–Trinajstić information content (AvgIpc) is 3.44. The number of aromatic nitrogens is 2. The fourth-order valence-electron chi connectivity index (χ4n) is 3.52. The van der Waals surface area contributed by atoms with Crippen LogP contribution in [-0.4, -0.2) is 38.3 Å². The monoisotopic (exact) mass is 349 g/mol. The lowest BCUT2D eigenvalue weighted by molar-refractivity contribution is -0.136. The predicted octanol–water partition coefficient (Wildman–Crippen LogP) is 2.84. The molecule has 1 aliphatic rings. The molecule has 134 valence electrons. The first-order valence-corrected chi connectivity index (χ1v) is 9.11. The van der Waals surface area contributed by atoms with Crippen LogP contribution in [0, 0.1) is 5.92 Å². The second-order valence-corrected chi connectivity index (χ2v) is 6.96. The fraction of sp³-hybridized carbons (Fsp3) is 0.333. The van der Waals surface area contributed by atoms with Gasteiger partial charge in [0.05, 0.1) is 24.4 Å². The molecule has 5 nitrogen and oxygen atoms in total. The minimum Gasteiger partial charge on any atom is -0.394 e. The quantitative estimate of drug-likeness (QED) is 0.713. The summed E-state index contributed by atoms with van der Waals surface area (Å²) in [5, 5.41) is 15.3. The van der Waals surface area contributed by atoms with Gasteiger partial charge in [-0.3, -0.25) is 9.48 Å². The van der Waals surface area contributed by atoms with E-state index in [0.29, 0.717) is 12.5 Å². The van der Waals surface area contributed by atoms with E-state index < -0.39 is 0 Å². The molecule has 1 aliphatic carbocycles. The van der Waals surface area contributed by atoms with Gasteiger partial charge in [-0.25, -0.2) is 0 Å². The van der Waals surface area contributed by atoms with Crippen molar-refractivity contribution < 1.29 is 9.90 Å². The van der Waals surface area contributed by atoms with Crippen molar-refractivity contribution in [2.24, 2.45) is 5.92 Å². The van der Waals surface area contributed by atoms with Gasteiger partial charge in [-0.15, -0.1) is 0 Å². The predicted molar refractivity (Wildman–Crippen MR) is 100 cm³/mol. The molecule has 1 N–H and O–H groups in total. The number of hydrogen-bond acceptors (Lipinski definition) is 3. The summed E-state index contributed by atoms with van der Waals surface area (Å²) in [5.41, 5.74) is 2.03. The van der Waals surface area contributed by atoms with E-state index in [1.165, 1.54) is 0 Å². The molecule has 1 saturated carbocycles. The number of aliphatic hydroxyl groups excluding tert-OH is 1. The molecular weight excluding hydrogens is 326 g/mol. The molecule has 0 bridgehead atoms. The van der Waals surface area contributed by atoms with Crippen LogP contribution in [0.5, 0.6) is 0 Å². The summed E-state index contributed by atoms with van der Waals surface area (Å²) in [6.45, 7) is 0.702. The summed E-state index contributed by atoms with van der Waals surface area (Å²) in [4.78, 5) is 15.0. The smallest absolute Gasteiger partial charge is 0.244 e. The first-order chi connectivity index (χ1) is 12.8. The van der Waals surface area contributed by atoms with Gasteiger partial charge in [0.15, 0.2) is 0 Å². The maximum Gasteiger partial charge on any atom is 0.244 e. The third-order valence-corrected chi connectivity index (χ3v) is 5.11. The molecule has 1 amide bonds. The number of carbonyl (C=O) groups excluding carboxylic acids is 1. The maximum atomic E-state index is 13.1. The maximum absolute atomic E-state index is 13.1.